The molecule has 1 unspecified atom stereocenters. The standard InChI is InChI=1S/C21H40O4.BH3O3/c1-2-3-4-5-6-7-8-9-10-11-12-13-14-15-16-17-21(24)25-19-20(23)18-22;2-1(3)4/h9-10,20,22-23H,2-8,11-19H2,1H3;2-4H/b10-9-;. The van der Waals surface area contributed by atoms with Crippen molar-refractivity contribution in [3.05, 3.63) is 12.2 Å². The number of ether oxygens (including phenoxy) is 1. The van der Waals surface area contributed by atoms with Crippen LogP contribution in [0.1, 0.15) is 96.8 Å². The van der Waals surface area contributed by atoms with E-state index in [0.29, 0.717) is 6.42 Å². The van der Waals surface area contributed by atoms with Crippen LogP contribution in [0.4, 0.5) is 0 Å². The maximum atomic E-state index is 11.4. The van der Waals surface area contributed by atoms with Crippen LogP contribution in [-0.2, 0) is 9.53 Å². The zero-order valence-electron chi connectivity index (χ0n) is 18.2. The Morgan fingerprint density at radius 1 is 0.862 bits per heavy atom. The van der Waals surface area contributed by atoms with Crippen LogP contribution in [0.25, 0.3) is 0 Å². The van der Waals surface area contributed by atoms with E-state index in [1.807, 2.05) is 0 Å². The van der Waals surface area contributed by atoms with Crippen LogP contribution in [0, 0.1) is 0 Å². The topological polar surface area (TPSA) is 127 Å². The molecule has 0 aliphatic carbocycles. The van der Waals surface area contributed by atoms with Crippen LogP contribution in [0.5, 0.6) is 0 Å². The number of hydrogen-bond acceptors (Lipinski definition) is 7. The molecular weight excluding hydrogens is 375 g/mol. The predicted molar refractivity (Wildman–Crippen MR) is 116 cm³/mol. The first kappa shape index (κ1) is 30.3. The molecule has 0 amide bonds. The molecule has 0 radical (unpaired) electrons. The van der Waals surface area contributed by atoms with E-state index in [1.165, 1.54) is 57.8 Å². The Hall–Kier alpha value is -0.925. The van der Waals surface area contributed by atoms with Crippen LogP contribution < -0.4 is 0 Å². The molecule has 0 fully saturated rings. The first-order chi connectivity index (χ1) is 13.9. The van der Waals surface area contributed by atoms with Gasteiger partial charge in [0.1, 0.15) is 12.7 Å². The smallest absolute Gasteiger partial charge is 0.463 e. The molecule has 0 aliphatic rings. The summed E-state index contributed by atoms with van der Waals surface area (Å²) in [6, 6.07) is 0. The number of carbonyl (C=O) groups excluding carboxylic acids is 1. The Labute approximate surface area is 177 Å². The van der Waals surface area contributed by atoms with Gasteiger partial charge in [0, 0.05) is 6.42 Å². The number of allylic oxidation sites excluding steroid dienone is 2. The molecule has 7 nitrogen and oxygen atoms in total. The van der Waals surface area contributed by atoms with Crippen molar-refractivity contribution >= 4 is 13.3 Å². The first-order valence-electron chi connectivity index (χ1n) is 11.1. The van der Waals surface area contributed by atoms with E-state index in [4.69, 9.17) is 30.0 Å². The number of aliphatic hydroxyl groups is 2. The Morgan fingerprint density at radius 2 is 1.31 bits per heavy atom. The highest BCUT2D eigenvalue weighted by atomic mass is 16.5. The summed E-state index contributed by atoms with van der Waals surface area (Å²) in [5.41, 5.74) is 0. The fraction of sp³-hybridized carbons (Fsp3) is 0.857. The summed E-state index contributed by atoms with van der Waals surface area (Å²) in [6.07, 6.45) is 20.1. The summed E-state index contributed by atoms with van der Waals surface area (Å²) in [6.45, 7) is 1.77. The van der Waals surface area contributed by atoms with E-state index >= 15 is 0 Å². The van der Waals surface area contributed by atoms with Gasteiger partial charge < -0.3 is 30.0 Å². The van der Waals surface area contributed by atoms with Crippen LogP contribution in [0.15, 0.2) is 12.2 Å². The predicted octanol–water partition coefficient (Wildman–Crippen LogP) is 2.87. The highest BCUT2D eigenvalue weighted by Gasteiger charge is 2.07. The molecule has 29 heavy (non-hydrogen) atoms. The van der Waals surface area contributed by atoms with E-state index < -0.39 is 13.4 Å². The molecule has 0 saturated heterocycles. The monoisotopic (exact) mass is 418 g/mol. The van der Waals surface area contributed by atoms with Crippen LogP contribution in [0.2, 0.25) is 0 Å². The van der Waals surface area contributed by atoms with Gasteiger partial charge >= 0.3 is 13.3 Å². The molecule has 1 atom stereocenters. The minimum absolute atomic E-state index is 0.111. The van der Waals surface area contributed by atoms with Crippen molar-refractivity contribution in [3.8, 4) is 0 Å². The van der Waals surface area contributed by atoms with Gasteiger partial charge in [0.05, 0.1) is 6.61 Å². The van der Waals surface area contributed by atoms with Crippen molar-refractivity contribution in [2.75, 3.05) is 13.2 Å². The second-order valence-electron chi connectivity index (χ2n) is 7.20. The lowest BCUT2D eigenvalue weighted by Gasteiger charge is -2.08. The number of carbonyl (C=O) groups is 1. The lowest BCUT2D eigenvalue weighted by Crippen LogP contribution is -2.21. The maximum absolute atomic E-state index is 11.4. The number of unbranched alkanes of at least 4 members (excludes halogenated alkanes) is 11. The zero-order chi connectivity index (χ0) is 22.2. The molecule has 0 rings (SSSR count). The van der Waals surface area contributed by atoms with E-state index in [-0.39, 0.29) is 19.2 Å². The summed E-state index contributed by atoms with van der Waals surface area (Å²) in [4.78, 5) is 11.4. The normalized spacial score (nSPS) is 11.8. The number of aliphatic hydroxyl groups excluding tert-OH is 2. The molecule has 8 heteroatoms. The fourth-order valence-corrected chi connectivity index (χ4v) is 2.65. The third-order valence-corrected chi connectivity index (χ3v) is 4.29. The van der Waals surface area contributed by atoms with Crippen molar-refractivity contribution in [1.82, 2.24) is 0 Å². The number of hydrogen-bond donors (Lipinski definition) is 5. The average molecular weight is 418 g/mol. The lowest BCUT2D eigenvalue weighted by molar-refractivity contribution is -0.147. The summed E-state index contributed by atoms with van der Waals surface area (Å²) >= 11 is 0. The summed E-state index contributed by atoms with van der Waals surface area (Å²) in [5, 5.41) is 39.2. The zero-order valence-corrected chi connectivity index (χ0v) is 18.2. The Kier molecular flexibility index (Phi) is 26.2. The van der Waals surface area contributed by atoms with Crippen molar-refractivity contribution < 1.29 is 34.8 Å². The summed E-state index contributed by atoms with van der Waals surface area (Å²) < 4.78 is 4.86. The highest BCUT2D eigenvalue weighted by Crippen LogP contribution is 2.10. The third-order valence-electron chi connectivity index (χ3n) is 4.29. The van der Waals surface area contributed by atoms with Crippen molar-refractivity contribution in [1.29, 1.82) is 0 Å². The van der Waals surface area contributed by atoms with Gasteiger partial charge in [-0.25, -0.2) is 0 Å². The van der Waals surface area contributed by atoms with E-state index in [1.54, 1.807) is 0 Å². The molecule has 0 aromatic heterocycles. The minimum atomic E-state index is -2.17. The summed E-state index contributed by atoms with van der Waals surface area (Å²) in [7, 11) is -2.17. The molecule has 172 valence electrons. The minimum Gasteiger partial charge on any atom is -0.463 e. The van der Waals surface area contributed by atoms with Gasteiger partial charge in [-0.2, -0.15) is 0 Å². The molecule has 0 aliphatic heterocycles. The lowest BCUT2D eigenvalue weighted by atomic mass is 10.1. The number of esters is 1. The molecule has 5 N–H and O–H groups in total. The Morgan fingerprint density at radius 3 is 1.79 bits per heavy atom. The average Bonchev–Trinajstić information content (AvgIpc) is 2.68. The first-order valence-corrected chi connectivity index (χ1v) is 11.1. The van der Waals surface area contributed by atoms with Gasteiger partial charge in [0.25, 0.3) is 0 Å². The van der Waals surface area contributed by atoms with Crippen LogP contribution in [0.3, 0.4) is 0 Å². The third kappa shape index (κ3) is 32.0. The quantitative estimate of drug-likeness (QED) is 0.100. The van der Waals surface area contributed by atoms with Crippen LogP contribution in [-0.4, -0.2) is 57.9 Å². The largest absolute Gasteiger partial charge is 0.631 e. The Balaban J connectivity index is 0. The van der Waals surface area contributed by atoms with Gasteiger partial charge in [-0.15, -0.1) is 0 Å². The van der Waals surface area contributed by atoms with Crippen LogP contribution >= 0.6 is 0 Å². The number of rotatable bonds is 18. The molecule has 0 aromatic rings. The van der Waals surface area contributed by atoms with Crippen molar-refractivity contribution in [3.63, 3.8) is 0 Å². The molecule has 0 saturated carbocycles. The van der Waals surface area contributed by atoms with Crippen molar-refractivity contribution in [2.24, 2.45) is 0 Å². The highest BCUT2D eigenvalue weighted by molar-refractivity contribution is 6.30. The van der Waals surface area contributed by atoms with Gasteiger partial charge in [0.2, 0.25) is 0 Å². The van der Waals surface area contributed by atoms with Gasteiger partial charge in [-0.05, 0) is 32.1 Å². The Bertz CT molecular complexity index is 362. The maximum Gasteiger partial charge on any atom is 0.631 e. The second kappa shape index (κ2) is 25.1. The van der Waals surface area contributed by atoms with Gasteiger partial charge in [-0.1, -0.05) is 70.4 Å². The van der Waals surface area contributed by atoms with E-state index in [0.717, 1.165) is 25.7 Å². The molecule has 0 heterocycles. The SMILES string of the molecule is CCCCCCCC/C=C\CCCCCCCC(=O)OCC(O)CO.OB(O)O. The molecule has 0 bridgehead atoms. The molecule has 0 aromatic carbocycles. The molecule has 0 spiro atoms. The van der Waals surface area contributed by atoms with E-state index in [9.17, 15) is 4.79 Å². The van der Waals surface area contributed by atoms with Crippen molar-refractivity contribution in [2.45, 2.75) is 103 Å². The second-order valence-corrected chi connectivity index (χ2v) is 7.20. The van der Waals surface area contributed by atoms with Gasteiger partial charge in [0.15, 0.2) is 0 Å². The van der Waals surface area contributed by atoms with E-state index in [2.05, 4.69) is 19.1 Å². The molecular formula is C21H43BO7. The van der Waals surface area contributed by atoms with Gasteiger partial charge in [-0.3, -0.25) is 4.79 Å². The fourth-order valence-electron chi connectivity index (χ4n) is 2.65. The summed E-state index contributed by atoms with van der Waals surface area (Å²) in [5.74, 6) is -0.287.